The van der Waals surface area contributed by atoms with Gasteiger partial charge in [-0.3, -0.25) is 9.48 Å². The van der Waals surface area contributed by atoms with Crippen molar-refractivity contribution in [2.45, 2.75) is 12.1 Å². The quantitative estimate of drug-likeness (QED) is 0.579. The molecule has 1 aromatic carbocycles. The summed E-state index contributed by atoms with van der Waals surface area (Å²) < 4.78 is 1.80. The van der Waals surface area contributed by atoms with E-state index in [1.807, 2.05) is 44.5 Å². The first-order valence-corrected chi connectivity index (χ1v) is 7.79. The lowest BCUT2D eigenvalue weighted by Gasteiger charge is -2.05. The predicted octanol–water partition coefficient (Wildman–Crippen LogP) is 2.23. The zero-order chi connectivity index (χ0) is 15.9. The van der Waals surface area contributed by atoms with Gasteiger partial charge in [0.15, 0.2) is 5.16 Å². The Morgan fingerprint density at radius 2 is 2.18 bits per heavy atom. The molecule has 0 aliphatic carbocycles. The van der Waals surface area contributed by atoms with Gasteiger partial charge in [-0.25, -0.2) is 4.98 Å². The van der Waals surface area contributed by atoms with Crippen molar-refractivity contribution < 1.29 is 0 Å². The van der Waals surface area contributed by atoms with Gasteiger partial charge >= 0.3 is 0 Å². The van der Waals surface area contributed by atoms with Gasteiger partial charge in [0.05, 0.1) is 11.2 Å². The second kappa shape index (κ2) is 5.31. The van der Waals surface area contributed by atoms with E-state index in [-0.39, 0.29) is 5.56 Å². The third-order valence-electron chi connectivity index (χ3n) is 3.61. The van der Waals surface area contributed by atoms with Crippen LogP contribution in [0.25, 0.3) is 22.2 Å². The van der Waals surface area contributed by atoms with Crippen LogP contribution in [0.15, 0.2) is 28.2 Å². The molecule has 3 rings (SSSR count). The molecule has 0 bridgehead atoms. The Kier molecular flexibility index (Phi) is 3.47. The maximum atomic E-state index is 12.0. The lowest BCUT2D eigenvalue weighted by Crippen LogP contribution is -2.14. The Bertz CT molecular complexity index is 980. The van der Waals surface area contributed by atoms with Crippen LogP contribution < -0.4 is 5.56 Å². The maximum Gasteiger partial charge on any atom is 0.270 e. The van der Waals surface area contributed by atoms with Gasteiger partial charge < -0.3 is 4.98 Å². The predicted molar refractivity (Wildman–Crippen MR) is 85.8 cm³/mol. The minimum absolute atomic E-state index is 0.0183. The molecule has 2 heterocycles. The van der Waals surface area contributed by atoms with Crippen LogP contribution in [0.4, 0.5) is 0 Å². The first-order valence-electron chi connectivity index (χ1n) is 6.57. The Labute approximate surface area is 130 Å². The van der Waals surface area contributed by atoms with Gasteiger partial charge in [-0.05, 0) is 19.2 Å². The molecule has 0 atom stereocenters. The molecule has 1 N–H and O–H groups in total. The molecular weight excluding hydrogens is 298 g/mol. The van der Waals surface area contributed by atoms with E-state index < -0.39 is 5.56 Å². The van der Waals surface area contributed by atoms with Crippen LogP contribution in [-0.2, 0) is 7.05 Å². The number of H-pyrrole nitrogens is 1. The summed E-state index contributed by atoms with van der Waals surface area (Å²) in [5, 5.41) is 15.2. The minimum Gasteiger partial charge on any atom is -0.300 e. The van der Waals surface area contributed by atoms with E-state index in [1.54, 1.807) is 4.68 Å². The fourth-order valence-electron chi connectivity index (χ4n) is 2.34. The molecule has 7 heteroatoms. The Morgan fingerprint density at radius 3 is 2.86 bits per heavy atom. The zero-order valence-electron chi connectivity index (χ0n) is 12.3. The highest BCUT2D eigenvalue weighted by Crippen LogP contribution is 2.26. The summed E-state index contributed by atoms with van der Waals surface area (Å²) in [6.07, 6.45) is 1.82. The largest absolute Gasteiger partial charge is 0.300 e. The number of fused-ring (bicyclic) bond motifs is 1. The molecule has 110 valence electrons. The summed E-state index contributed by atoms with van der Waals surface area (Å²) in [5.41, 5.74) is 2.57. The summed E-state index contributed by atoms with van der Waals surface area (Å²) in [6.45, 7) is 1.99. The van der Waals surface area contributed by atoms with Gasteiger partial charge in [-0.15, -0.1) is 0 Å². The monoisotopic (exact) mass is 311 g/mol. The maximum absolute atomic E-state index is 12.0. The molecule has 0 aliphatic rings. The van der Waals surface area contributed by atoms with Crippen LogP contribution >= 0.6 is 11.8 Å². The molecule has 0 saturated carbocycles. The molecule has 0 unspecified atom stereocenters. The van der Waals surface area contributed by atoms with Gasteiger partial charge in [0.2, 0.25) is 0 Å². The first kappa shape index (κ1) is 14.4. The van der Waals surface area contributed by atoms with E-state index in [0.717, 1.165) is 16.6 Å². The number of aryl methyl sites for hydroxylation is 2. The van der Waals surface area contributed by atoms with Gasteiger partial charge in [0.25, 0.3) is 5.56 Å². The van der Waals surface area contributed by atoms with Crippen molar-refractivity contribution in [2.24, 2.45) is 7.05 Å². The summed E-state index contributed by atoms with van der Waals surface area (Å²) in [4.78, 5) is 19.0. The lowest BCUT2D eigenvalue weighted by atomic mass is 10.1. The third-order valence-corrected chi connectivity index (χ3v) is 4.19. The molecule has 0 spiro atoms. The average molecular weight is 311 g/mol. The van der Waals surface area contributed by atoms with E-state index in [2.05, 4.69) is 15.1 Å². The Balaban J connectivity index is 2.29. The van der Waals surface area contributed by atoms with E-state index in [9.17, 15) is 10.1 Å². The van der Waals surface area contributed by atoms with Gasteiger partial charge in [-0.1, -0.05) is 23.9 Å². The summed E-state index contributed by atoms with van der Waals surface area (Å²) in [7, 11) is 1.88. The summed E-state index contributed by atoms with van der Waals surface area (Å²) in [5.74, 6) is 0. The van der Waals surface area contributed by atoms with E-state index >= 15 is 0 Å². The van der Waals surface area contributed by atoms with Crippen molar-refractivity contribution in [3.05, 3.63) is 39.8 Å². The lowest BCUT2D eigenvalue weighted by molar-refractivity contribution is 0.751. The molecule has 0 fully saturated rings. The number of aromatic nitrogens is 4. The van der Waals surface area contributed by atoms with E-state index in [1.165, 1.54) is 11.8 Å². The van der Waals surface area contributed by atoms with E-state index in [0.29, 0.717) is 16.4 Å². The highest BCUT2D eigenvalue weighted by atomic mass is 32.2. The van der Waals surface area contributed by atoms with Crippen molar-refractivity contribution in [1.82, 2.24) is 19.7 Å². The number of thioether (sulfide) groups is 1. The summed E-state index contributed by atoms with van der Waals surface area (Å²) >= 11 is 1.33. The number of nitriles is 1. The normalized spacial score (nSPS) is 10.8. The smallest absolute Gasteiger partial charge is 0.270 e. The van der Waals surface area contributed by atoms with Crippen molar-refractivity contribution in [1.29, 1.82) is 5.26 Å². The van der Waals surface area contributed by atoms with Crippen molar-refractivity contribution in [3.8, 4) is 17.3 Å². The van der Waals surface area contributed by atoms with Crippen LogP contribution in [-0.4, -0.2) is 26.0 Å². The molecule has 3 aromatic rings. The van der Waals surface area contributed by atoms with Gasteiger partial charge in [0.1, 0.15) is 11.6 Å². The molecule has 0 radical (unpaired) electrons. The van der Waals surface area contributed by atoms with Crippen molar-refractivity contribution in [2.75, 3.05) is 6.26 Å². The molecule has 2 aromatic heterocycles. The van der Waals surface area contributed by atoms with Crippen molar-refractivity contribution >= 4 is 22.7 Å². The molecule has 6 nitrogen and oxygen atoms in total. The van der Waals surface area contributed by atoms with Gasteiger partial charge in [0, 0.05) is 23.7 Å². The van der Waals surface area contributed by atoms with Crippen molar-refractivity contribution in [3.63, 3.8) is 0 Å². The second-order valence-electron chi connectivity index (χ2n) is 4.85. The minimum atomic E-state index is -0.422. The molecule has 0 amide bonds. The number of nitrogens with zero attached hydrogens (tertiary/aromatic N) is 4. The fourth-order valence-corrected chi connectivity index (χ4v) is 2.72. The molecule has 22 heavy (non-hydrogen) atoms. The molecule has 0 saturated heterocycles. The Hall–Kier alpha value is -2.59. The highest BCUT2D eigenvalue weighted by Gasteiger charge is 2.14. The number of benzene rings is 1. The third kappa shape index (κ3) is 2.18. The van der Waals surface area contributed by atoms with E-state index in [4.69, 9.17) is 0 Å². The number of aromatic amines is 1. The Morgan fingerprint density at radius 1 is 1.41 bits per heavy atom. The fraction of sp³-hybridized carbons (Fsp3) is 0.200. The number of hydrogen-bond acceptors (Lipinski definition) is 5. The number of hydrogen-bond donors (Lipinski definition) is 1. The number of nitrogens with one attached hydrogen (secondary N) is 1. The van der Waals surface area contributed by atoms with Crippen LogP contribution in [0.1, 0.15) is 11.3 Å². The zero-order valence-corrected chi connectivity index (χ0v) is 13.2. The first-order chi connectivity index (χ1) is 10.5. The van der Waals surface area contributed by atoms with Gasteiger partial charge in [-0.2, -0.15) is 10.4 Å². The second-order valence-corrected chi connectivity index (χ2v) is 5.65. The SMILES string of the molecule is CSc1nc(-c2ccc3c(C)n(C)nc3c2)c(C#N)c(=O)[nH]1. The topological polar surface area (TPSA) is 87.4 Å². The van der Waals surface area contributed by atoms with Crippen LogP contribution in [0, 0.1) is 18.3 Å². The number of rotatable bonds is 2. The van der Waals surface area contributed by atoms with Crippen LogP contribution in [0.5, 0.6) is 0 Å². The molecule has 0 aliphatic heterocycles. The van der Waals surface area contributed by atoms with Crippen LogP contribution in [0.3, 0.4) is 0 Å². The highest BCUT2D eigenvalue weighted by molar-refractivity contribution is 7.98. The average Bonchev–Trinajstić information content (AvgIpc) is 2.80. The van der Waals surface area contributed by atoms with Crippen LogP contribution in [0.2, 0.25) is 0 Å². The molecular formula is C15H13N5OS. The standard InChI is InChI=1S/C15H13N5OS/c1-8-10-5-4-9(6-12(10)19-20(8)2)13-11(7-16)14(21)18-15(17-13)22-3/h4-6H,1-3H3,(H,17,18,21). The summed E-state index contributed by atoms with van der Waals surface area (Å²) in [6, 6.07) is 7.60.